The summed E-state index contributed by atoms with van der Waals surface area (Å²) < 4.78 is 10.7. The minimum Gasteiger partial charge on any atom is -0.493 e. The summed E-state index contributed by atoms with van der Waals surface area (Å²) in [4.78, 5) is 0. The Morgan fingerprint density at radius 2 is 1.85 bits per heavy atom. The molecule has 5 heteroatoms. The molecule has 0 aromatic heterocycles. The first-order valence-corrected chi connectivity index (χ1v) is 6.86. The molecular formula is C15H25NO4. The van der Waals surface area contributed by atoms with E-state index in [1.165, 1.54) is 0 Å². The minimum atomic E-state index is -0.646. The molecule has 0 aliphatic carbocycles. The lowest BCUT2D eigenvalue weighted by molar-refractivity contribution is 0.0948. The van der Waals surface area contributed by atoms with Crippen LogP contribution >= 0.6 is 0 Å². The molecule has 1 aromatic carbocycles. The molecule has 0 saturated carbocycles. The summed E-state index contributed by atoms with van der Waals surface area (Å²) in [5.41, 5.74) is 0. The van der Waals surface area contributed by atoms with Crippen molar-refractivity contribution in [3.63, 3.8) is 0 Å². The highest BCUT2D eigenvalue weighted by Crippen LogP contribution is 2.25. The quantitative estimate of drug-likeness (QED) is 0.632. The molecule has 0 bridgehead atoms. The van der Waals surface area contributed by atoms with Crippen LogP contribution in [-0.2, 0) is 0 Å². The molecule has 1 unspecified atom stereocenters. The lowest BCUT2D eigenvalue weighted by Crippen LogP contribution is -2.42. The van der Waals surface area contributed by atoms with E-state index in [4.69, 9.17) is 9.47 Å². The topological polar surface area (TPSA) is 71.0 Å². The van der Waals surface area contributed by atoms with E-state index >= 15 is 0 Å². The fourth-order valence-corrected chi connectivity index (χ4v) is 1.78. The highest BCUT2D eigenvalue weighted by molar-refractivity contribution is 5.39. The number of aliphatic hydroxyl groups excluding tert-OH is 2. The molecule has 0 radical (unpaired) electrons. The Hall–Kier alpha value is -1.30. The molecular weight excluding hydrogens is 258 g/mol. The Labute approximate surface area is 120 Å². The molecule has 0 spiro atoms. The second-order valence-electron chi connectivity index (χ2n) is 5.06. The van der Waals surface area contributed by atoms with Crippen LogP contribution in [0.25, 0.3) is 0 Å². The maximum atomic E-state index is 9.89. The third-order valence-electron chi connectivity index (χ3n) is 3.12. The molecule has 114 valence electrons. The third-order valence-corrected chi connectivity index (χ3v) is 3.12. The van der Waals surface area contributed by atoms with E-state index in [1.807, 2.05) is 26.0 Å². The van der Waals surface area contributed by atoms with Crippen molar-refractivity contribution in [1.82, 2.24) is 5.32 Å². The molecule has 20 heavy (non-hydrogen) atoms. The lowest BCUT2D eigenvalue weighted by Gasteiger charge is -2.22. The highest BCUT2D eigenvalue weighted by atomic mass is 16.5. The SMILES string of the molecule is COc1ccccc1OCC(O)CN[C@H](CO)C(C)C. The van der Waals surface area contributed by atoms with E-state index in [1.54, 1.807) is 19.2 Å². The Balaban J connectivity index is 2.37. The Morgan fingerprint density at radius 1 is 1.20 bits per heavy atom. The molecule has 3 N–H and O–H groups in total. The molecule has 0 fully saturated rings. The van der Waals surface area contributed by atoms with Gasteiger partial charge in [-0.3, -0.25) is 0 Å². The molecule has 1 aromatic rings. The van der Waals surface area contributed by atoms with Crippen molar-refractivity contribution in [3.05, 3.63) is 24.3 Å². The van der Waals surface area contributed by atoms with Crippen LogP contribution in [0.1, 0.15) is 13.8 Å². The van der Waals surface area contributed by atoms with Crippen LogP contribution in [0.15, 0.2) is 24.3 Å². The van der Waals surface area contributed by atoms with Crippen molar-refractivity contribution < 1.29 is 19.7 Å². The van der Waals surface area contributed by atoms with Gasteiger partial charge in [-0.2, -0.15) is 0 Å². The van der Waals surface area contributed by atoms with Crippen LogP contribution in [0.3, 0.4) is 0 Å². The van der Waals surface area contributed by atoms with Gasteiger partial charge in [0.2, 0.25) is 0 Å². The van der Waals surface area contributed by atoms with Crippen LogP contribution in [0.2, 0.25) is 0 Å². The van der Waals surface area contributed by atoms with Crippen molar-refractivity contribution in [3.8, 4) is 11.5 Å². The number of aliphatic hydroxyl groups is 2. The van der Waals surface area contributed by atoms with Gasteiger partial charge in [-0.25, -0.2) is 0 Å². The van der Waals surface area contributed by atoms with E-state index in [2.05, 4.69) is 5.32 Å². The summed E-state index contributed by atoms with van der Waals surface area (Å²) in [5, 5.41) is 22.2. The Bertz CT molecular complexity index is 384. The normalized spacial score (nSPS) is 14.1. The maximum absolute atomic E-state index is 9.89. The zero-order chi connectivity index (χ0) is 15.0. The number of para-hydroxylation sites is 2. The van der Waals surface area contributed by atoms with E-state index < -0.39 is 6.10 Å². The lowest BCUT2D eigenvalue weighted by atomic mass is 10.1. The zero-order valence-corrected chi connectivity index (χ0v) is 12.4. The van der Waals surface area contributed by atoms with Crippen molar-refractivity contribution in [2.45, 2.75) is 26.0 Å². The smallest absolute Gasteiger partial charge is 0.161 e. The highest BCUT2D eigenvalue weighted by Gasteiger charge is 2.14. The Morgan fingerprint density at radius 3 is 2.40 bits per heavy atom. The molecule has 1 rings (SSSR count). The zero-order valence-electron chi connectivity index (χ0n) is 12.4. The fraction of sp³-hybridized carbons (Fsp3) is 0.600. The summed E-state index contributed by atoms with van der Waals surface area (Å²) in [6.07, 6.45) is -0.646. The summed E-state index contributed by atoms with van der Waals surface area (Å²) >= 11 is 0. The van der Waals surface area contributed by atoms with Gasteiger partial charge in [-0.15, -0.1) is 0 Å². The average molecular weight is 283 g/mol. The predicted octanol–water partition coefficient (Wildman–Crippen LogP) is 1.04. The molecule has 0 amide bonds. The van der Waals surface area contributed by atoms with Gasteiger partial charge < -0.3 is 25.0 Å². The predicted molar refractivity (Wildman–Crippen MR) is 78.2 cm³/mol. The molecule has 5 nitrogen and oxygen atoms in total. The minimum absolute atomic E-state index is 0.0177. The second-order valence-corrected chi connectivity index (χ2v) is 5.06. The third kappa shape index (κ3) is 5.36. The first-order valence-electron chi connectivity index (χ1n) is 6.86. The molecule has 0 saturated heterocycles. The van der Waals surface area contributed by atoms with Crippen LogP contribution in [0, 0.1) is 5.92 Å². The first kappa shape index (κ1) is 16.8. The largest absolute Gasteiger partial charge is 0.493 e. The average Bonchev–Trinajstić information content (AvgIpc) is 2.45. The van der Waals surface area contributed by atoms with E-state index in [9.17, 15) is 10.2 Å². The van der Waals surface area contributed by atoms with Crippen molar-refractivity contribution in [1.29, 1.82) is 0 Å². The first-order chi connectivity index (χ1) is 9.58. The maximum Gasteiger partial charge on any atom is 0.161 e. The summed E-state index contributed by atoms with van der Waals surface area (Å²) in [6.45, 7) is 4.64. The molecule has 0 aliphatic rings. The number of hydrogen-bond acceptors (Lipinski definition) is 5. The monoisotopic (exact) mass is 283 g/mol. The van der Waals surface area contributed by atoms with Crippen molar-refractivity contribution in [2.24, 2.45) is 5.92 Å². The standard InChI is InChI=1S/C15H25NO4/c1-11(2)13(9-17)16-8-12(18)10-20-15-7-5-4-6-14(15)19-3/h4-7,11-13,16-18H,8-10H2,1-3H3/t12?,13-/m1/s1. The van der Waals surface area contributed by atoms with Gasteiger partial charge in [-0.05, 0) is 18.1 Å². The Kier molecular flexibility index (Phi) is 7.36. The number of ether oxygens (including phenoxy) is 2. The number of nitrogens with one attached hydrogen (secondary N) is 1. The van der Waals surface area contributed by atoms with Gasteiger partial charge in [0.25, 0.3) is 0 Å². The number of benzene rings is 1. The van der Waals surface area contributed by atoms with E-state index in [0.29, 0.717) is 24.0 Å². The van der Waals surface area contributed by atoms with Crippen LogP contribution in [-0.4, -0.2) is 49.2 Å². The van der Waals surface area contributed by atoms with Gasteiger partial charge in [0.1, 0.15) is 12.7 Å². The molecule has 0 aliphatic heterocycles. The van der Waals surface area contributed by atoms with Crippen molar-refractivity contribution in [2.75, 3.05) is 26.9 Å². The number of rotatable bonds is 9. The van der Waals surface area contributed by atoms with Gasteiger partial charge in [-0.1, -0.05) is 26.0 Å². The van der Waals surface area contributed by atoms with Gasteiger partial charge in [0.05, 0.1) is 13.7 Å². The fourth-order valence-electron chi connectivity index (χ4n) is 1.78. The number of methoxy groups -OCH3 is 1. The van der Waals surface area contributed by atoms with E-state index in [-0.39, 0.29) is 19.3 Å². The van der Waals surface area contributed by atoms with Crippen LogP contribution in [0.5, 0.6) is 11.5 Å². The van der Waals surface area contributed by atoms with Crippen molar-refractivity contribution >= 4 is 0 Å². The summed E-state index contributed by atoms with van der Waals surface area (Å²) in [7, 11) is 1.58. The molecule has 0 heterocycles. The van der Waals surface area contributed by atoms with Gasteiger partial charge >= 0.3 is 0 Å². The van der Waals surface area contributed by atoms with Crippen LogP contribution in [0.4, 0.5) is 0 Å². The van der Waals surface area contributed by atoms with Gasteiger partial charge in [0, 0.05) is 12.6 Å². The van der Waals surface area contributed by atoms with E-state index in [0.717, 1.165) is 0 Å². The summed E-state index contributed by atoms with van der Waals surface area (Å²) in [5.74, 6) is 1.56. The second kappa shape index (κ2) is 8.79. The molecule has 2 atom stereocenters. The van der Waals surface area contributed by atoms with Gasteiger partial charge in [0.15, 0.2) is 11.5 Å². The number of hydrogen-bond donors (Lipinski definition) is 3. The summed E-state index contributed by atoms with van der Waals surface area (Å²) in [6, 6.07) is 7.29. The van der Waals surface area contributed by atoms with Crippen LogP contribution < -0.4 is 14.8 Å².